The van der Waals surface area contributed by atoms with E-state index in [0.29, 0.717) is 31.5 Å². The minimum absolute atomic E-state index is 0.0660. The summed E-state index contributed by atoms with van der Waals surface area (Å²) in [6.07, 6.45) is 1.25. The van der Waals surface area contributed by atoms with Crippen LogP contribution in [0.5, 0.6) is 0 Å². The van der Waals surface area contributed by atoms with Crippen molar-refractivity contribution in [2.75, 3.05) is 13.1 Å². The van der Waals surface area contributed by atoms with E-state index in [1.165, 1.54) is 28.6 Å². The lowest BCUT2D eigenvalue weighted by Crippen LogP contribution is -2.30. The van der Waals surface area contributed by atoms with Crippen LogP contribution in [0.3, 0.4) is 0 Å². The maximum atomic E-state index is 12.8. The van der Waals surface area contributed by atoms with E-state index >= 15 is 0 Å². The van der Waals surface area contributed by atoms with Gasteiger partial charge >= 0.3 is 5.97 Å². The normalized spacial score (nSPS) is 19.8. The van der Waals surface area contributed by atoms with Gasteiger partial charge < -0.3 is 5.11 Å². The van der Waals surface area contributed by atoms with Gasteiger partial charge in [-0.05, 0) is 36.5 Å². The standard InChI is InChI=1S/C14H18FNO4S/c15-13-4-1-12(2-5-13)10-21(19,20)16-8-7-11(9-16)3-6-14(17)18/h1-2,4-5,11H,3,6-10H2,(H,17,18). The number of halogens is 1. The second-order valence-corrected chi connectivity index (χ2v) is 7.30. The van der Waals surface area contributed by atoms with Crippen LogP contribution in [0.1, 0.15) is 24.8 Å². The van der Waals surface area contributed by atoms with Crippen molar-refractivity contribution in [2.24, 2.45) is 5.92 Å². The van der Waals surface area contributed by atoms with Crippen molar-refractivity contribution in [3.05, 3.63) is 35.6 Å². The first-order valence-corrected chi connectivity index (χ1v) is 8.42. The van der Waals surface area contributed by atoms with Gasteiger partial charge in [0.25, 0.3) is 0 Å². The summed E-state index contributed by atoms with van der Waals surface area (Å²) in [7, 11) is -3.43. The highest BCUT2D eigenvalue weighted by Gasteiger charge is 2.31. The molecule has 0 amide bonds. The minimum atomic E-state index is -3.43. The molecule has 2 rings (SSSR count). The Balaban J connectivity index is 1.94. The number of rotatable bonds is 6. The Morgan fingerprint density at radius 3 is 2.62 bits per heavy atom. The van der Waals surface area contributed by atoms with E-state index in [2.05, 4.69) is 0 Å². The number of carboxylic acid groups (broad SMARTS) is 1. The van der Waals surface area contributed by atoms with Gasteiger partial charge in [0.2, 0.25) is 10.0 Å². The van der Waals surface area contributed by atoms with Gasteiger partial charge in [-0.1, -0.05) is 12.1 Å². The molecule has 1 aliphatic rings. The van der Waals surface area contributed by atoms with Gasteiger partial charge in [0, 0.05) is 19.5 Å². The van der Waals surface area contributed by atoms with Crippen molar-refractivity contribution in [1.29, 1.82) is 0 Å². The molecular weight excluding hydrogens is 297 g/mol. The van der Waals surface area contributed by atoms with Gasteiger partial charge in [-0.3, -0.25) is 4.79 Å². The van der Waals surface area contributed by atoms with Crippen molar-refractivity contribution < 1.29 is 22.7 Å². The predicted octanol–water partition coefficient (Wildman–Crippen LogP) is 1.84. The first-order valence-electron chi connectivity index (χ1n) is 6.81. The Morgan fingerprint density at radius 1 is 1.33 bits per heavy atom. The van der Waals surface area contributed by atoms with E-state index in [9.17, 15) is 17.6 Å². The van der Waals surface area contributed by atoms with Crippen LogP contribution in [0, 0.1) is 11.7 Å². The maximum absolute atomic E-state index is 12.8. The second kappa shape index (κ2) is 6.53. The molecule has 0 spiro atoms. The first kappa shape index (κ1) is 15.9. The summed E-state index contributed by atoms with van der Waals surface area (Å²) < 4.78 is 38.8. The molecule has 116 valence electrons. The predicted molar refractivity (Wildman–Crippen MR) is 75.6 cm³/mol. The number of hydrogen-bond acceptors (Lipinski definition) is 3. The maximum Gasteiger partial charge on any atom is 0.303 e. The molecular formula is C14H18FNO4S. The molecule has 7 heteroatoms. The molecule has 1 fully saturated rings. The van der Waals surface area contributed by atoms with Gasteiger partial charge in [-0.2, -0.15) is 0 Å². The third-order valence-electron chi connectivity index (χ3n) is 3.67. The Labute approximate surface area is 123 Å². The molecule has 1 unspecified atom stereocenters. The monoisotopic (exact) mass is 315 g/mol. The van der Waals surface area contributed by atoms with Gasteiger partial charge in [0.1, 0.15) is 5.82 Å². The molecule has 1 saturated heterocycles. The lowest BCUT2D eigenvalue weighted by Gasteiger charge is -2.16. The molecule has 0 radical (unpaired) electrons. The van der Waals surface area contributed by atoms with E-state index in [0.717, 1.165) is 0 Å². The van der Waals surface area contributed by atoms with Gasteiger partial charge in [0.05, 0.1) is 5.75 Å². The molecule has 0 saturated carbocycles. The topological polar surface area (TPSA) is 74.7 Å². The summed E-state index contributed by atoms with van der Waals surface area (Å²) in [4.78, 5) is 10.5. The molecule has 1 aliphatic heterocycles. The number of sulfonamides is 1. The third-order valence-corrected chi connectivity index (χ3v) is 5.49. The van der Waals surface area contributed by atoms with Crippen LogP contribution in [-0.2, 0) is 20.6 Å². The highest BCUT2D eigenvalue weighted by atomic mass is 32.2. The molecule has 0 bridgehead atoms. The number of carbonyl (C=O) groups is 1. The van der Waals surface area contributed by atoms with Crippen LogP contribution in [0.15, 0.2) is 24.3 Å². The molecule has 5 nitrogen and oxygen atoms in total. The highest BCUT2D eigenvalue weighted by molar-refractivity contribution is 7.88. The van der Waals surface area contributed by atoms with E-state index in [1.54, 1.807) is 0 Å². The molecule has 21 heavy (non-hydrogen) atoms. The molecule has 1 N–H and O–H groups in total. The van der Waals surface area contributed by atoms with Crippen LogP contribution in [0.4, 0.5) is 4.39 Å². The zero-order valence-electron chi connectivity index (χ0n) is 11.5. The molecule has 0 aliphatic carbocycles. The minimum Gasteiger partial charge on any atom is -0.481 e. The molecule has 0 aromatic heterocycles. The fraction of sp³-hybridized carbons (Fsp3) is 0.500. The summed E-state index contributed by atoms with van der Waals surface area (Å²) in [6.45, 7) is 0.796. The van der Waals surface area contributed by atoms with E-state index in [-0.39, 0.29) is 18.1 Å². The van der Waals surface area contributed by atoms with Crippen LogP contribution < -0.4 is 0 Å². The van der Waals surface area contributed by atoms with Crippen LogP contribution in [0.2, 0.25) is 0 Å². The number of benzene rings is 1. The summed E-state index contributed by atoms with van der Waals surface area (Å²) in [5.74, 6) is -1.31. The largest absolute Gasteiger partial charge is 0.481 e. The highest BCUT2D eigenvalue weighted by Crippen LogP contribution is 2.25. The fourth-order valence-electron chi connectivity index (χ4n) is 2.50. The lowest BCUT2D eigenvalue weighted by molar-refractivity contribution is -0.137. The number of aliphatic carboxylic acids is 1. The molecule has 1 aromatic rings. The summed E-state index contributed by atoms with van der Waals surface area (Å²) in [6, 6.07) is 5.41. The lowest BCUT2D eigenvalue weighted by atomic mass is 10.0. The quantitative estimate of drug-likeness (QED) is 0.869. The molecule has 1 aromatic carbocycles. The van der Waals surface area contributed by atoms with Crippen molar-refractivity contribution in [3.8, 4) is 0 Å². The Hall–Kier alpha value is -1.47. The van der Waals surface area contributed by atoms with E-state index in [4.69, 9.17) is 5.11 Å². The Kier molecular flexibility index (Phi) is 4.95. The van der Waals surface area contributed by atoms with E-state index in [1.807, 2.05) is 0 Å². The second-order valence-electron chi connectivity index (χ2n) is 5.33. The summed E-state index contributed by atoms with van der Waals surface area (Å²) in [5.41, 5.74) is 0.547. The van der Waals surface area contributed by atoms with Crippen molar-refractivity contribution in [3.63, 3.8) is 0 Å². The molecule has 1 heterocycles. The number of carboxylic acids is 1. The average Bonchev–Trinajstić information content (AvgIpc) is 2.88. The smallest absolute Gasteiger partial charge is 0.303 e. The fourth-order valence-corrected chi connectivity index (χ4v) is 4.11. The Morgan fingerprint density at radius 2 is 2.00 bits per heavy atom. The number of hydrogen-bond donors (Lipinski definition) is 1. The number of nitrogens with zero attached hydrogens (tertiary/aromatic N) is 1. The average molecular weight is 315 g/mol. The van der Waals surface area contributed by atoms with Gasteiger partial charge in [-0.15, -0.1) is 0 Å². The van der Waals surface area contributed by atoms with Crippen molar-refractivity contribution in [2.45, 2.75) is 25.0 Å². The summed E-state index contributed by atoms with van der Waals surface area (Å²) in [5, 5.41) is 8.65. The zero-order chi connectivity index (χ0) is 15.5. The van der Waals surface area contributed by atoms with Crippen LogP contribution >= 0.6 is 0 Å². The van der Waals surface area contributed by atoms with E-state index < -0.39 is 21.8 Å². The first-order chi connectivity index (χ1) is 9.87. The van der Waals surface area contributed by atoms with Crippen LogP contribution in [0.25, 0.3) is 0 Å². The summed E-state index contributed by atoms with van der Waals surface area (Å²) >= 11 is 0. The zero-order valence-corrected chi connectivity index (χ0v) is 12.4. The van der Waals surface area contributed by atoms with Crippen molar-refractivity contribution in [1.82, 2.24) is 4.31 Å². The van der Waals surface area contributed by atoms with Crippen molar-refractivity contribution >= 4 is 16.0 Å². The molecule has 1 atom stereocenters. The third kappa shape index (κ3) is 4.50. The van der Waals surface area contributed by atoms with Gasteiger partial charge in [-0.25, -0.2) is 17.1 Å². The van der Waals surface area contributed by atoms with Crippen LogP contribution in [-0.4, -0.2) is 36.9 Å². The van der Waals surface area contributed by atoms with Gasteiger partial charge in [0.15, 0.2) is 0 Å². The Bertz CT molecular complexity index is 600. The SMILES string of the molecule is O=C(O)CCC1CCN(S(=O)(=O)Cc2ccc(F)cc2)C1.